The molecule has 1 aliphatic rings. The van der Waals surface area contributed by atoms with E-state index in [1.807, 2.05) is 0 Å². The standard InChI is InChI=1S/C11H12ClFN2O2/c12-9-7-8(1-2-10(9)13)14-11(16)15-3-5-17-6-4-15/h1-2,7H,3-6H2,(H,14,16). The average molecular weight is 259 g/mol. The summed E-state index contributed by atoms with van der Waals surface area (Å²) in [6.07, 6.45) is 0. The van der Waals surface area contributed by atoms with Gasteiger partial charge in [0.15, 0.2) is 0 Å². The van der Waals surface area contributed by atoms with Crippen molar-refractivity contribution in [2.75, 3.05) is 31.6 Å². The molecule has 1 fully saturated rings. The van der Waals surface area contributed by atoms with Gasteiger partial charge in [-0.25, -0.2) is 9.18 Å². The summed E-state index contributed by atoms with van der Waals surface area (Å²) in [6.45, 7) is 2.19. The normalized spacial score (nSPS) is 15.8. The van der Waals surface area contributed by atoms with Crippen molar-refractivity contribution in [2.24, 2.45) is 0 Å². The number of rotatable bonds is 1. The first-order chi connectivity index (χ1) is 8.16. The van der Waals surface area contributed by atoms with E-state index < -0.39 is 5.82 Å². The van der Waals surface area contributed by atoms with Gasteiger partial charge in [0.25, 0.3) is 0 Å². The summed E-state index contributed by atoms with van der Waals surface area (Å²) in [6, 6.07) is 3.85. The molecule has 2 amide bonds. The number of morpholine rings is 1. The molecule has 0 saturated carbocycles. The monoisotopic (exact) mass is 258 g/mol. The Morgan fingerprint density at radius 3 is 2.76 bits per heavy atom. The minimum absolute atomic E-state index is 0.00947. The summed E-state index contributed by atoms with van der Waals surface area (Å²) in [4.78, 5) is 13.4. The third kappa shape index (κ3) is 3.08. The van der Waals surface area contributed by atoms with Gasteiger partial charge in [0.1, 0.15) is 5.82 Å². The van der Waals surface area contributed by atoms with Crippen molar-refractivity contribution in [1.29, 1.82) is 0 Å². The Hall–Kier alpha value is -1.33. The lowest BCUT2D eigenvalue weighted by Gasteiger charge is -2.26. The molecule has 1 heterocycles. The maximum Gasteiger partial charge on any atom is 0.322 e. The van der Waals surface area contributed by atoms with Crippen LogP contribution >= 0.6 is 11.6 Å². The second kappa shape index (κ2) is 5.33. The predicted molar refractivity (Wildman–Crippen MR) is 62.8 cm³/mol. The Morgan fingerprint density at radius 1 is 1.41 bits per heavy atom. The lowest BCUT2D eigenvalue weighted by molar-refractivity contribution is 0.0564. The average Bonchev–Trinajstić information content (AvgIpc) is 2.35. The number of benzene rings is 1. The molecule has 6 heteroatoms. The fraction of sp³-hybridized carbons (Fsp3) is 0.364. The smallest absolute Gasteiger partial charge is 0.322 e. The highest BCUT2D eigenvalue weighted by Crippen LogP contribution is 2.19. The van der Waals surface area contributed by atoms with Crippen molar-refractivity contribution in [1.82, 2.24) is 4.90 Å². The Balaban J connectivity index is 1.99. The van der Waals surface area contributed by atoms with Gasteiger partial charge in [-0.3, -0.25) is 0 Å². The third-order valence-electron chi connectivity index (χ3n) is 2.47. The van der Waals surface area contributed by atoms with Crippen LogP contribution in [0, 0.1) is 5.82 Å². The summed E-state index contributed by atoms with van der Waals surface area (Å²) in [7, 11) is 0. The molecule has 17 heavy (non-hydrogen) atoms. The largest absolute Gasteiger partial charge is 0.378 e. The van der Waals surface area contributed by atoms with Gasteiger partial charge in [-0.15, -0.1) is 0 Å². The minimum atomic E-state index is -0.504. The van der Waals surface area contributed by atoms with Crippen LogP contribution in [0.4, 0.5) is 14.9 Å². The fourth-order valence-electron chi connectivity index (χ4n) is 1.54. The van der Waals surface area contributed by atoms with E-state index >= 15 is 0 Å². The summed E-state index contributed by atoms with van der Waals surface area (Å²) >= 11 is 5.62. The molecule has 4 nitrogen and oxygen atoms in total. The Labute approximate surface area is 103 Å². The number of hydrogen-bond donors (Lipinski definition) is 1. The van der Waals surface area contributed by atoms with Crippen LogP contribution in [-0.4, -0.2) is 37.2 Å². The van der Waals surface area contributed by atoms with E-state index in [1.165, 1.54) is 18.2 Å². The number of carbonyl (C=O) groups excluding carboxylic acids is 1. The van der Waals surface area contributed by atoms with Gasteiger partial charge < -0.3 is 15.0 Å². The predicted octanol–water partition coefficient (Wildman–Crippen LogP) is 2.34. The molecular weight excluding hydrogens is 247 g/mol. The molecule has 2 rings (SSSR count). The van der Waals surface area contributed by atoms with Gasteiger partial charge in [-0.05, 0) is 18.2 Å². The van der Waals surface area contributed by atoms with Crippen molar-refractivity contribution >= 4 is 23.3 Å². The molecule has 1 aromatic rings. The lowest BCUT2D eigenvalue weighted by Crippen LogP contribution is -2.43. The van der Waals surface area contributed by atoms with Crippen molar-refractivity contribution in [3.8, 4) is 0 Å². The molecule has 0 bridgehead atoms. The Bertz CT molecular complexity index is 422. The fourth-order valence-corrected chi connectivity index (χ4v) is 1.72. The van der Waals surface area contributed by atoms with E-state index in [9.17, 15) is 9.18 Å². The van der Waals surface area contributed by atoms with Crippen LogP contribution in [0.3, 0.4) is 0 Å². The quantitative estimate of drug-likeness (QED) is 0.840. The first-order valence-electron chi connectivity index (χ1n) is 5.25. The van der Waals surface area contributed by atoms with Gasteiger partial charge in [0, 0.05) is 18.8 Å². The molecule has 1 aromatic carbocycles. The molecule has 0 atom stereocenters. The molecule has 1 saturated heterocycles. The molecule has 1 aliphatic heterocycles. The van der Waals surface area contributed by atoms with Gasteiger partial charge in [0.05, 0.1) is 18.2 Å². The number of nitrogens with one attached hydrogen (secondary N) is 1. The van der Waals surface area contributed by atoms with Crippen molar-refractivity contribution in [3.05, 3.63) is 29.0 Å². The second-order valence-corrected chi connectivity index (χ2v) is 4.07. The second-order valence-electron chi connectivity index (χ2n) is 3.66. The molecule has 0 radical (unpaired) electrons. The van der Waals surface area contributed by atoms with Crippen LogP contribution in [0.1, 0.15) is 0 Å². The lowest BCUT2D eigenvalue weighted by atomic mass is 10.3. The molecular formula is C11H12ClFN2O2. The van der Waals surface area contributed by atoms with Crippen LogP contribution < -0.4 is 5.32 Å². The maximum atomic E-state index is 12.9. The first-order valence-corrected chi connectivity index (χ1v) is 5.63. The number of urea groups is 1. The highest BCUT2D eigenvalue weighted by Gasteiger charge is 2.16. The topological polar surface area (TPSA) is 41.6 Å². The zero-order valence-corrected chi connectivity index (χ0v) is 9.84. The maximum absolute atomic E-state index is 12.9. The molecule has 1 N–H and O–H groups in total. The molecule has 0 unspecified atom stereocenters. The van der Waals surface area contributed by atoms with E-state index in [0.29, 0.717) is 32.0 Å². The van der Waals surface area contributed by atoms with Crippen LogP contribution in [0.5, 0.6) is 0 Å². The Kier molecular flexibility index (Phi) is 3.81. The van der Waals surface area contributed by atoms with Gasteiger partial charge >= 0.3 is 6.03 Å². The number of amides is 2. The summed E-state index contributed by atoms with van der Waals surface area (Å²) < 4.78 is 18.1. The van der Waals surface area contributed by atoms with Crippen LogP contribution in [0.2, 0.25) is 5.02 Å². The van der Waals surface area contributed by atoms with E-state index in [4.69, 9.17) is 16.3 Å². The number of halogens is 2. The van der Waals surface area contributed by atoms with Crippen LogP contribution in [-0.2, 0) is 4.74 Å². The number of ether oxygens (including phenoxy) is 1. The van der Waals surface area contributed by atoms with E-state index in [0.717, 1.165) is 0 Å². The van der Waals surface area contributed by atoms with Gasteiger partial charge in [-0.1, -0.05) is 11.6 Å². The number of carbonyl (C=O) groups is 1. The van der Waals surface area contributed by atoms with E-state index in [2.05, 4.69) is 5.32 Å². The molecule has 0 aliphatic carbocycles. The summed E-state index contributed by atoms with van der Waals surface area (Å²) in [5.41, 5.74) is 0.480. The van der Waals surface area contributed by atoms with Crippen molar-refractivity contribution in [2.45, 2.75) is 0 Å². The van der Waals surface area contributed by atoms with Gasteiger partial charge in [0.2, 0.25) is 0 Å². The number of nitrogens with zero attached hydrogens (tertiary/aromatic N) is 1. The SMILES string of the molecule is O=C(Nc1ccc(F)c(Cl)c1)N1CCOCC1. The first kappa shape index (κ1) is 12.1. The molecule has 0 aromatic heterocycles. The van der Waals surface area contributed by atoms with Gasteiger partial charge in [-0.2, -0.15) is 0 Å². The van der Waals surface area contributed by atoms with E-state index in [-0.39, 0.29) is 11.1 Å². The number of hydrogen-bond acceptors (Lipinski definition) is 2. The Morgan fingerprint density at radius 2 is 2.12 bits per heavy atom. The van der Waals surface area contributed by atoms with Crippen LogP contribution in [0.15, 0.2) is 18.2 Å². The highest BCUT2D eigenvalue weighted by atomic mass is 35.5. The summed E-state index contributed by atoms with van der Waals surface area (Å²) in [5, 5.41) is 2.65. The minimum Gasteiger partial charge on any atom is -0.378 e. The highest BCUT2D eigenvalue weighted by molar-refractivity contribution is 6.31. The number of anilines is 1. The summed E-state index contributed by atoms with van der Waals surface area (Å²) in [5.74, 6) is -0.504. The molecule has 92 valence electrons. The van der Waals surface area contributed by atoms with E-state index in [1.54, 1.807) is 4.90 Å². The van der Waals surface area contributed by atoms with Crippen molar-refractivity contribution in [3.63, 3.8) is 0 Å². The van der Waals surface area contributed by atoms with Crippen molar-refractivity contribution < 1.29 is 13.9 Å². The third-order valence-corrected chi connectivity index (χ3v) is 2.76. The zero-order chi connectivity index (χ0) is 12.3. The van der Waals surface area contributed by atoms with Crippen LogP contribution in [0.25, 0.3) is 0 Å². The molecule has 0 spiro atoms. The zero-order valence-electron chi connectivity index (χ0n) is 9.08.